The molecule has 0 aliphatic rings. The van der Waals surface area contributed by atoms with Crippen LogP contribution in [0.1, 0.15) is 19.8 Å². The molecule has 0 aromatic carbocycles. The monoisotopic (exact) mass is 214 g/mol. The van der Waals surface area contributed by atoms with E-state index < -0.39 is 17.9 Å². The van der Waals surface area contributed by atoms with Crippen LogP contribution in [0.5, 0.6) is 0 Å². The van der Waals surface area contributed by atoms with Gasteiger partial charge in [-0.2, -0.15) is 5.26 Å². The fraction of sp³-hybridized carbons (Fsp3) is 0.667. The molecule has 0 spiro atoms. The summed E-state index contributed by atoms with van der Waals surface area (Å²) in [6, 6.07) is 0.807. The molecule has 15 heavy (non-hydrogen) atoms. The lowest BCUT2D eigenvalue weighted by molar-refractivity contribution is -0.142. The summed E-state index contributed by atoms with van der Waals surface area (Å²) in [4.78, 5) is 21.7. The molecule has 0 fully saturated rings. The minimum atomic E-state index is -1.14. The van der Waals surface area contributed by atoms with Crippen LogP contribution in [0.3, 0.4) is 0 Å². The quantitative estimate of drug-likeness (QED) is 0.616. The van der Waals surface area contributed by atoms with E-state index in [9.17, 15) is 9.59 Å². The standard InChI is InChI=1S/C9H14N2O4/c1-2-15-6-8(12)11-7(9(13)14)4-3-5-10/h7H,2-4,6H2,1H3,(H,11,12)(H,13,14)/t7-/m0/s1. The fourth-order valence-electron chi connectivity index (χ4n) is 0.897. The minimum Gasteiger partial charge on any atom is -0.480 e. The van der Waals surface area contributed by atoms with Crippen molar-refractivity contribution in [2.45, 2.75) is 25.8 Å². The predicted octanol–water partition coefficient (Wildman–Crippen LogP) is -0.104. The van der Waals surface area contributed by atoms with Gasteiger partial charge in [0.2, 0.25) is 5.91 Å². The zero-order valence-electron chi connectivity index (χ0n) is 8.52. The average Bonchev–Trinajstić information content (AvgIpc) is 2.20. The molecule has 0 aromatic rings. The molecule has 6 nitrogen and oxygen atoms in total. The number of carbonyl (C=O) groups is 2. The largest absolute Gasteiger partial charge is 0.480 e. The van der Waals surface area contributed by atoms with Gasteiger partial charge in [-0.15, -0.1) is 0 Å². The van der Waals surface area contributed by atoms with E-state index in [-0.39, 0.29) is 19.4 Å². The van der Waals surface area contributed by atoms with E-state index in [4.69, 9.17) is 15.1 Å². The molecule has 0 bridgehead atoms. The van der Waals surface area contributed by atoms with Crippen molar-refractivity contribution in [1.29, 1.82) is 5.26 Å². The van der Waals surface area contributed by atoms with E-state index in [0.717, 1.165) is 0 Å². The Balaban J connectivity index is 4.00. The number of hydrogen-bond acceptors (Lipinski definition) is 4. The van der Waals surface area contributed by atoms with Crippen LogP contribution < -0.4 is 5.32 Å². The number of hydrogen-bond donors (Lipinski definition) is 2. The van der Waals surface area contributed by atoms with Crippen LogP contribution in [-0.2, 0) is 14.3 Å². The number of carboxylic acid groups (broad SMARTS) is 1. The smallest absolute Gasteiger partial charge is 0.326 e. The molecule has 0 heterocycles. The lowest BCUT2D eigenvalue weighted by Gasteiger charge is -2.12. The summed E-state index contributed by atoms with van der Waals surface area (Å²) in [5.74, 6) is -1.63. The SMILES string of the molecule is CCOCC(=O)N[C@@H](CCC#N)C(=O)O. The van der Waals surface area contributed by atoms with Crippen LogP contribution in [0.15, 0.2) is 0 Å². The molecule has 0 unspecified atom stereocenters. The van der Waals surface area contributed by atoms with E-state index in [0.29, 0.717) is 6.61 Å². The molecular formula is C9H14N2O4. The van der Waals surface area contributed by atoms with Crippen molar-refractivity contribution in [1.82, 2.24) is 5.32 Å². The summed E-state index contributed by atoms with van der Waals surface area (Å²) in [5, 5.41) is 19.3. The van der Waals surface area contributed by atoms with Gasteiger partial charge in [-0.05, 0) is 13.3 Å². The van der Waals surface area contributed by atoms with Crippen molar-refractivity contribution in [2.24, 2.45) is 0 Å². The van der Waals surface area contributed by atoms with E-state index >= 15 is 0 Å². The first-order chi connectivity index (χ1) is 7.11. The number of amides is 1. The number of rotatable bonds is 7. The van der Waals surface area contributed by atoms with Gasteiger partial charge in [-0.1, -0.05) is 0 Å². The maximum atomic E-state index is 11.1. The molecule has 0 saturated heterocycles. The first-order valence-corrected chi connectivity index (χ1v) is 4.58. The second kappa shape index (κ2) is 7.76. The Labute approximate surface area is 87.8 Å². The molecule has 0 radical (unpaired) electrons. The van der Waals surface area contributed by atoms with Crippen LogP contribution >= 0.6 is 0 Å². The molecule has 0 aliphatic heterocycles. The van der Waals surface area contributed by atoms with Crippen LogP contribution in [0, 0.1) is 11.3 Å². The number of aliphatic carboxylic acids is 1. The molecular weight excluding hydrogens is 200 g/mol. The number of nitriles is 1. The Hall–Kier alpha value is -1.61. The van der Waals surface area contributed by atoms with E-state index in [2.05, 4.69) is 5.32 Å². The number of ether oxygens (including phenoxy) is 1. The molecule has 6 heteroatoms. The molecule has 0 saturated carbocycles. The van der Waals surface area contributed by atoms with Gasteiger partial charge in [-0.3, -0.25) is 4.79 Å². The molecule has 1 atom stereocenters. The van der Waals surface area contributed by atoms with Crippen LogP contribution in [-0.4, -0.2) is 36.2 Å². The summed E-state index contributed by atoms with van der Waals surface area (Å²) < 4.78 is 4.81. The zero-order valence-corrected chi connectivity index (χ0v) is 8.52. The van der Waals surface area contributed by atoms with Gasteiger partial charge in [0.05, 0.1) is 6.07 Å². The normalized spacial score (nSPS) is 11.5. The average molecular weight is 214 g/mol. The van der Waals surface area contributed by atoms with Crippen LogP contribution in [0.25, 0.3) is 0 Å². The number of nitrogens with zero attached hydrogens (tertiary/aromatic N) is 1. The Morgan fingerprint density at radius 1 is 1.60 bits per heavy atom. The van der Waals surface area contributed by atoms with Gasteiger partial charge in [-0.25, -0.2) is 4.79 Å². The highest BCUT2D eigenvalue weighted by Gasteiger charge is 2.18. The highest BCUT2D eigenvalue weighted by molar-refractivity contribution is 5.84. The number of carboxylic acids is 1. The molecule has 1 amide bonds. The number of nitrogens with one attached hydrogen (secondary N) is 1. The third-order valence-electron chi connectivity index (χ3n) is 1.62. The fourth-order valence-corrected chi connectivity index (χ4v) is 0.897. The Kier molecular flexibility index (Phi) is 6.93. The topological polar surface area (TPSA) is 99.4 Å². The third kappa shape index (κ3) is 6.46. The zero-order chi connectivity index (χ0) is 11.7. The molecule has 0 aliphatic carbocycles. The van der Waals surface area contributed by atoms with Crippen molar-refractivity contribution < 1.29 is 19.4 Å². The van der Waals surface area contributed by atoms with Crippen LogP contribution in [0.4, 0.5) is 0 Å². The highest BCUT2D eigenvalue weighted by Crippen LogP contribution is 1.96. The highest BCUT2D eigenvalue weighted by atomic mass is 16.5. The van der Waals surface area contributed by atoms with Gasteiger partial charge in [0.15, 0.2) is 0 Å². The van der Waals surface area contributed by atoms with Gasteiger partial charge in [0.1, 0.15) is 12.6 Å². The summed E-state index contributed by atoms with van der Waals surface area (Å²) >= 11 is 0. The molecule has 0 aromatic heterocycles. The predicted molar refractivity (Wildman–Crippen MR) is 50.9 cm³/mol. The second-order valence-corrected chi connectivity index (χ2v) is 2.79. The summed E-state index contributed by atoms with van der Waals surface area (Å²) in [5.41, 5.74) is 0. The van der Waals surface area contributed by atoms with Crippen molar-refractivity contribution in [3.05, 3.63) is 0 Å². The van der Waals surface area contributed by atoms with E-state index in [1.54, 1.807) is 6.92 Å². The molecule has 84 valence electrons. The molecule has 2 N–H and O–H groups in total. The maximum Gasteiger partial charge on any atom is 0.326 e. The Bertz CT molecular complexity index is 259. The third-order valence-corrected chi connectivity index (χ3v) is 1.62. The van der Waals surface area contributed by atoms with E-state index in [1.807, 2.05) is 6.07 Å². The second-order valence-electron chi connectivity index (χ2n) is 2.79. The Morgan fingerprint density at radius 3 is 2.73 bits per heavy atom. The van der Waals surface area contributed by atoms with Gasteiger partial charge >= 0.3 is 5.97 Å². The van der Waals surface area contributed by atoms with Crippen molar-refractivity contribution in [2.75, 3.05) is 13.2 Å². The first-order valence-electron chi connectivity index (χ1n) is 4.58. The van der Waals surface area contributed by atoms with E-state index in [1.165, 1.54) is 0 Å². The van der Waals surface area contributed by atoms with Gasteiger partial charge in [0, 0.05) is 13.0 Å². The van der Waals surface area contributed by atoms with Crippen LogP contribution in [0.2, 0.25) is 0 Å². The number of carbonyl (C=O) groups excluding carboxylic acids is 1. The van der Waals surface area contributed by atoms with Gasteiger partial charge in [0.25, 0.3) is 0 Å². The summed E-state index contributed by atoms with van der Waals surface area (Å²) in [6.07, 6.45) is 0.190. The summed E-state index contributed by atoms with van der Waals surface area (Å²) in [7, 11) is 0. The first kappa shape index (κ1) is 13.4. The summed E-state index contributed by atoms with van der Waals surface area (Å²) in [6.45, 7) is 1.97. The Morgan fingerprint density at radius 2 is 2.27 bits per heavy atom. The van der Waals surface area contributed by atoms with Gasteiger partial charge < -0.3 is 15.2 Å². The van der Waals surface area contributed by atoms with Crippen molar-refractivity contribution >= 4 is 11.9 Å². The van der Waals surface area contributed by atoms with Crippen molar-refractivity contribution in [3.63, 3.8) is 0 Å². The lowest BCUT2D eigenvalue weighted by atomic mass is 10.1. The maximum absolute atomic E-state index is 11.1. The van der Waals surface area contributed by atoms with Crippen molar-refractivity contribution in [3.8, 4) is 6.07 Å². The minimum absolute atomic E-state index is 0.0892. The lowest BCUT2D eigenvalue weighted by Crippen LogP contribution is -2.42. The molecule has 0 rings (SSSR count).